The average molecular weight is 354 g/mol. The van der Waals surface area contributed by atoms with Crippen molar-refractivity contribution in [1.82, 2.24) is 14.9 Å². The number of rotatable bonds is 4. The second-order valence-electron chi connectivity index (χ2n) is 7.11. The summed E-state index contributed by atoms with van der Waals surface area (Å²) in [7, 11) is 0. The number of aromatic nitrogens is 2. The second kappa shape index (κ2) is 7.57. The Morgan fingerprint density at radius 3 is 2.75 bits per heavy atom. The molecule has 3 N–H and O–H groups in total. The summed E-state index contributed by atoms with van der Waals surface area (Å²) >= 11 is 1.44. The molecule has 8 heteroatoms. The fraction of sp³-hybridized carbons (Fsp3) is 0.688. The highest BCUT2D eigenvalue weighted by molar-refractivity contribution is 7.98. The van der Waals surface area contributed by atoms with Crippen LogP contribution in [0.15, 0.2) is 11.4 Å². The molecular formula is C16H26N4O3S. The lowest BCUT2D eigenvalue weighted by atomic mass is 9.79. The summed E-state index contributed by atoms with van der Waals surface area (Å²) < 4.78 is 0. The number of anilines is 1. The molecule has 1 amide bonds. The van der Waals surface area contributed by atoms with Gasteiger partial charge in [-0.3, -0.25) is 0 Å². The van der Waals surface area contributed by atoms with Crippen molar-refractivity contribution in [1.29, 1.82) is 0 Å². The third-order valence-corrected chi connectivity index (χ3v) is 4.95. The second-order valence-corrected chi connectivity index (χ2v) is 7.89. The number of nitrogens with one attached hydrogen (secondary N) is 1. The maximum absolute atomic E-state index is 11.5. The molecule has 1 saturated heterocycles. The monoisotopic (exact) mass is 354 g/mol. The van der Waals surface area contributed by atoms with Crippen LogP contribution in [0.5, 0.6) is 0 Å². The van der Waals surface area contributed by atoms with E-state index in [0.29, 0.717) is 35.9 Å². The van der Waals surface area contributed by atoms with Gasteiger partial charge >= 0.3 is 6.09 Å². The van der Waals surface area contributed by atoms with Crippen molar-refractivity contribution in [2.75, 3.05) is 18.1 Å². The largest absolute Gasteiger partial charge is 0.465 e. The van der Waals surface area contributed by atoms with Crippen molar-refractivity contribution >= 4 is 23.7 Å². The summed E-state index contributed by atoms with van der Waals surface area (Å²) in [5.41, 5.74) is 0.509. The van der Waals surface area contributed by atoms with Crippen molar-refractivity contribution in [2.45, 2.75) is 57.5 Å². The predicted octanol–water partition coefficient (Wildman–Crippen LogP) is 2.66. The number of piperidine rings is 1. The van der Waals surface area contributed by atoms with Crippen LogP contribution in [0, 0.1) is 5.41 Å². The molecule has 0 bridgehead atoms. The van der Waals surface area contributed by atoms with Gasteiger partial charge in [-0.1, -0.05) is 32.5 Å². The number of likely N-dealkylation sites (tertiary alicyclic amines) is 1. The van der Waals surface area contributed by atoms with Crippen LogP contribution in [0.1, 0.15) is 39.2 Å². The molecule has 1 fully saturated rings. The Balaban J connectivity index is 2.18. The van der Waals surface area contributed by atoms with Gasteiger partial charge < -0.3 is 20.4 Å². The number of aliphatic hydroxyl groups excluding tert-OH is 1. The van der Waals surface area contributed by atoms with Crippen LogP contribution in [-0.4, -0.2) is 56.1 Å². The molecule has 0 aliphatic carbocycles. The van der Waals surface area contributed by atoms with Crippen LogP contribution < -0.4 is 5.32 Å². The minimum Gasteiger partial charge on any atom is -0.465 e. The van der Waals surface area contributed by atoms with Gasteiger partial charge in [0.1, 0.15) is 5.82 Å². The van der Waals surface area contributed by atoms with E-state index in [1.165, 1.54) is 11.8 Å². The fourth-order valence-electron chi connectivity index (χ4n) is 3.07. The standard InChI is InChI=1S/C16H26N4O3S/c1-16(2,3)12-7-11(5-6-20(12)15(22)23)18-13-10(9-21)8-17-14(19-13)24-4/h8,11-12,21H,5-7,9H2,1-4H3,(H,22,23)(H,17,18,19). The maximum Gasteiger partial charge on any atom is 0.407 e. The smallest absolute Gasteiger partial charge is 0.407 e. The number of carboxylic acid groups (broad SMARTS) is 1. The Morgan fingerprint density at radius 2 is 2.21 bits per heavy atom. The molecule has 1 aromatic rings. The molecule has 0 saturated carbocycles. The molecule has 0 spiro atoms. The van der Waals surface area contributed by atoms with E-state index in [1.807, 2.05) is 6.26 Å². The minimum atomic E-state index is -0.865. The van der Waals surface area contributed by atoms with E-state index in [-0.39, 0.29) is 24.1 Å². The molecule has 0 radical (unpaired) electrons. The van der Waals surface area contributed by atoms with Crippen molar-refractivity contribution in [3.05, 3.63) is 11.8 Å². The first kappa shape index (κ1) is 18.8. The number of carbonyl (C=O) groups is 1. The highest BCUT2D eigenvalue weighted by atomic mass is 32.2. The Labute approximate surface area is 146 Å². The number of thioether (sulfide) groups is 1. The number of aliphatic hydroxyl groups is 1. The van der Waals surface area contributed by atoms with Gasteiger partial charge in [0, 0.05) is 30.4 Å². The maximum atomic E-state index is 11.5. The van der Waals surface area contributed by atoms with Crippen LogP contribution in [0.4, 0.5) is 10.6 Å². The van der Waals surface area contributed by atoms with Crippen molar-refractivity contribution < 1.29 is 15.0 Å². The summed E-state index contributed by atoms with van der Waals surface area (Å²) in [4.78, 5) is 21.7. The van der Waals surface area contributed by atoms with Gasteiger partial charge in [0.05, 0.1) is 6.61 Å². The summed E-state index contributed by atoms with van der Waals surface area (Å²) in [5, 5.41) is 23.0. The third kappa shape index (κ3) is 4.30. The number of amides is 1. The molecule has 2 unspecified atom stereocenters. The Hall–Kier alpha value is -1.54. The molecule has 24 heavy (non-hydrogen) atoms. The van der Waals surface area contributed by atoms with E-state index in [2.05, 4.69) is 36.1 Å². The predicted molar refractivity (Wildman–Crippen MR) is 94.4 cm³/mol. The normalized spacial score (nSPS) is 21.6. The van der Waals surface area contributed by atoms with Crippen molar-refractivity contribution in [3.8, 4) is 0 Å². The molecular weight excluding hydrogens is 328 g/mol. The Morgan fingerprint density at radius 1 is 1.50 bits per heavy atom. The van der Waals surface area contributed by atoms with Gasteiger partial charge in [-0.25, -0.2) is 14.8 Å². The summed E-state index contributed by atoms with van der Waals surface area (Å²) in [6.45, 7) is 6.54. The number of hydrogen-bond donors (Lipinski definition) is 3. The van der Waals surface area contributed by atoms with E-state index in [0.717, 1.165) is 0 Å². The van der Waals surface area contributed by atoms with E-state index >= 15 is 0 Å². The minimum absolute atomic E-state index is 0.0688. The van der Waals surface area contributed by atoms with Crippen LogP contribution in [-0.2, 0) is 6.61 Å². The summed E-state index contributed by atoms with van der Waals surface area (Å²) in [6.07, 6.45) is 4.09. The first-order valence-corrected chi connectivity index (χ1v) is 9.25. The lowest BCUT2D eigenvalue weighted by Crippen LogP contribution is -2.54. The zero-order valence-corrected chi connectivity index (χ0v) is 15.4. The van der Waals surface area contributed by atoms with Crippen LogP contribution in [0.25, 0.3) is 0 Å². The van der Waals surface area contributed by atoms with E-state index in [9.17, 15) is 15.0 Å². The highest BCUT2D eigenvalue weighted by Gasteiger charge is 2.38. The van der Waals surface area contributed by atoms with Gasteiger partial charge in [0.25, 0.3) is 0 Å². The van der Waals surface area contributed by atoms with Crippen LogP contribution in [0.2, 0.25) is 0 Å². The molecule has 2 heterocycles. The topological polar surface area (TPSA) is 98.6 Å². The first-order chi connectivity index (χ1) is 11.3. The molecule has 7 nitrogen and oxygen atoms in total. The SMILES string of the molecule is CSc1ncc(CO)c(NC2CCN(C(=O)O)C(C(C)(C)C)C2)n1. The van der Waals surface area contributed by atoms with Gasteiger partial charge in [-0.15, -0.1) is 0 Å². The third-order valence-electron chi connectivity index (χ3n) is 4.38. The van der Waals surface area contributed by atoms with Gasteiger partial charge in [0.2, 0.25) is 0 Å². The molecule has 2 atom stereocenters. The Kier molecular flexibility index (Phi) is 5.92. The summed E-state index contributed by atoms with van der Waals surface area (Å²) in [6, 6.07) is 0.0421. The fourth-order valence-corrected chi connectivity index (χ4v) is 3.41. The molecule has 2 rings (SSSR count). The summed E-state index contributed by atoms with van der Waals surface area (Å²) in [5.74, 6) is 0.637. The van der Waals surface area contributed by atoms with E-state index in [1.54, 1.807) is 11.1 Å². The van der Waals surface area contributed by atoms with Crippen molar-refractivity contribution in [2.24, 2.45) is 5.41 Å². The quantitative estimate of drug-likeness (QED) is 0.565. The van der Waals surface area contributed by atoms with Crippen LogP contribution in [0.3, 0.4) is 0 Å². The van der Waals surface area contributed by atoms with Gasteiger partial charge in [-0.2, -0.15) is 0 Å². The lowest BCUT2D eigenvalue weighted by molar-refractivity contribution is 0.0557. The van der Waals surface area contributed by atoms with Gasteiger partial charge in [0.15, 0.2) is 5.16 Å². The highest BCUT2D eigenvalue weighted by Crippen LogP contribution is 2.33. The van der Waals surface area contributed by atoms with Crippen LogP contribution >= 0.6 is 11.8 Å². The molecule has 0 aromatic carbocycles. The van der Waals surface area contributed by atoms with Crippen molar-refractivity contribution in [3.63, 3.8) is 0 Å². The first-order valence-electron chi connectivity index (χ1n) is 8.03. The Bertz CT molecular complexity index is 591. The molecule has 134 valence electrons. The zero-order chi connectivity index (χ0) is 17.9. The molecule has 1 aromatic heterocycles. The number of hydrogen-bond acceptors (Lipinski definition) is 6. The zero-order valence-electron chi connectivity index (χ0n) is 14.6. The molecule has 1 aliphatic rings. The lowest BCUT2D eigenvalue weighted by Gasteiger charge is -2.44. The molecule has 1 aliphatic heterocycles. The van der Waals surface area contributed by atoms with Gasteiger partial charge in [-0.05, 0) is 24.5 Å². The van der Waals surface area contributed by atoms with E-state index in [4.69, 9.17) is 0 Å². The number of nitrogens with zero attached hydrogens (tertiary/aromatic N) is 3. The van der Waals surface area contributed by atoms with E-state index < -0.39 is 6.09 Å². The average Bonchev–Trinajstić information content (AvgIpc) is 2.53.